The molecule has 4 heteroatoms. The zero-order valence-corrected chi connectivity index (χ0v) is 8.62. The maximum Gasteiger partial charge on any atom is 0.250 e. The second-order valence-corrected chi connectivity index (χ2v) is 3.37. The van der Waals surface area contributed by atoms with Gasteiger partial charge in [0.1, 0.15) is 0 Å². The van der Waals surface area contributed by atoms with Crippen molar-refractivity contribution in [3.05, 3.63) is 33.3 Å². The molecular formula is C9H9Cl2NO. The van der Waals surface area contributed by atoms with E-state index in [0.29, 0.717) is 5.02 Å². The second kappa shape index (κ2) is 3.99. The highest BCUT2D eigenvalue weighted by molar-refractivity contribution is 6.44. The van der Waals surface area contributed by atoms with Crippen LogP contribution in [0.2, 0.25) is 10.0 Å². The fraction of sp³-hybridized carbons (Fsp3) is 0.222. The highest BCUT2D eigenvalue weighted by atomic mass is 35.5. The molecule has 0 bridgehead atoms. The van der Waals surface area contributed by atoms with Gasteiger partial charge in [-0.3, -0.25) is 4.79 Å². The monoisotopic (exact) mass is 217 g/mol. The van der Waals surface area contributed by atoms with E-state index in [0.717, 1.165) is 12.0 Å². The van der Waals surface area contributed by atoms with Crippen LogP contribution in [-0.4, -0.2) is 5.91 Å². The first-order chi connectivity index (χ1) is 6.07. The molecule has 1 amide bonds. The predicted molar refractivity (Wildman–Crippen MR) is 54.4 cm³/mol. The number of aryl methyl sites for hydroxylation is 1. The third-order valence-electron chi connectivity index (χ3n) is 1.81. The van der Waals surface area contributed by atoms with E-state index in [4.69, 9.17) is 28.9 Å². The first-order valence-corrected chi connectivity index (χ1v) is 4.60. The van der Waals surface area contributed by atoms with Crippen LogP contribution in [0.4, 0.5) is 0 Å². The number of carbonyl (C=O) groups excluding carboxylic acids is 1. The highest BCUT2D eigenvalue weighted by Gasteiger charge is 2.11. The molecule has 0 heterocycles. The number of hydrogen-bond donors (Lipinski definition) is 1. The van der Waals surface area contributed by atoms with Crippen molar-refractivity contribution < 1.29 is 4.79 Å². The Morgan fingerprint density at radius 2 is 2.00 bits per heavy atom. The molecule has 2 N–H and O–H groups in total. The van der Waals surface area contributed by atoms with Crippen LogP contribution in [-0.2, 0) is 6.42 Å². The summed E-state index contributed by atoms with van der Waals surface area (Å²) in [7, 11) is 0. The van der Waals surface area contributed by atoms with Crippen molar-refractivity contribution in [1.82, 2.24) is 0 Å². The van der Waals surface area contributed by atoms with Crippen LogP contribution in [0, 0.1) is 0 Å². The molecule has 0 atom stereocenters. The summed E-state index contributed by atoms with van der Waals surface area (Å²) in [6.45, 7) is 1.96. The van der Waals surface area contributed by atoms with E-state index < -0.39 is 5.91 Å². The van der Waals surface area contributed by atoms with Gasteiger partial charge < -0.3 is 5.73 Å². The van der Waals surface area contributed by atoms with Gasteiger partial charge in [-0.15, -0.1) is 0 Å². The number of primary amides is 1. The third kappa shape index (κ3) is 1.95. The lowest BCUT2D eigenvalue weighted by Gasteiger charge is -2.05. The molecule has 13 heavy (non-hydrogen) atoms. The average Bonchev–Trinajstić information content (AvgIpc) is 2.09. The van der Waals surface area contributed by atoms with Gasteiger partial charge in [0.05, 0.1) is 15.6 Å². The zero-order valence-electron chi connectivity index (χ0n) is 7.10. The summed E-state index contributed by atoms with van der Waals surface area (Å²) in [4.78, 5) is 10.9. The van der Waals surface area contributed by atoms with Gasteiger partial charge in [-0.2, -0.15) is 0 Å². The Morgan fingerprint density at radius 1 is 1.38 bits per heavy atom. The van der Waals surface area contributed by atoms with E-state index in [1.54, 1.807) is 12.1 Å². The van der Waals surface area contributed by atoms with Crippen LogP contribution >= 0.6 is 23.2 Å². The Morgan fingerprint density at radius 3 is 2.46 bits per heavy atom. The number of hydrogen-bond acceptors (Lipinski definition) is 1. The molecule has 1 aromatic rings. The summed E-state index contributed by atoms with van der Waals surface area (Å²) in [5, 5.41) is 0.661. The Kier molecular flexibility index (Phi) is 3.17. The lowest BCUT2D eigenvalue weighted by Crippen LogP contribution is -2.11. The van der Waals surface area contributed by atoms with Gasteiger partial charge in [0, 0.05) is 0 Å². The zero-order chi connectivity index (χ0) is 10.0. The summed E-state index contributed by atoms with van der Waals surface area (Å²) in [6, 6.07) is 3.35. The van der Waals surface area contributed by atoms with Gasteiger partial charge in [-0.05, 0) is 18.1 Å². The summed E-state index contributed by atoms with van der Waals surface area (Å²) < 4.78 is 0. The van der Waals surface area contributed by atoms with Crippen molar-refractivity contribution in [2.75, 3.05) is 0 Å². The molecular weight excluding hydrogens is 209 g/mol. The fourth-order valence-electron chi connectivity index (χ4n) is 1.05. The van der Waals surface area contributed by atoms with Crippen LogP contribution < -0.4 is 5.73 Å². The molecule has 0 unspecified atom stereocenters. The highest BCUT2D eigenvalue weighted by Crippen LogP contribution is 2.29. The molecule has 0 spiro atoms. The number of halogens is 2. The number of benzene rings is 1. The second-order valence-electron chi connectivity index (χ2n) is 2.62. The molecule has 1 aromatic carbocycles. The Bertz CT molecular complexity index is 350. The number of nitrogens with two attached hydrogens (primary N) is 1. The van der Waals surface area contributed by atoms with Crippen LogP contribution in [0.15, 0.2) is 12.1 Å². The number of amides is 1. The lowest BCUT2D eigenvalue weighted by molar-refractivity contribution is 0.100. The Balaban J connectivity index is 3.31. The van der Waals surface area contributed by atoms with E-state index in [1.807, 2.05) is 6.92 Å². The molecule has 0 aliphatic carbocycles. The fourth-order valence-corrected chi connectivity index (χ4v) is 1.63. The van der Waals surface area contributed by atoms with Gasteiger partial charge in [0.25, 0.3) is 0 Å². The van der Waals surface area contributed by atoms with Crippen molar-refractivity contribution in [2.45, 2.75) is 13.3 Å². The average molecular weight is 218 g/mol. The minimum Gasteiger partial charge on any atom is -0.366 e. The standard InChI is InChI=1S/C9H9Cl2NO/c1-2-5-3-4-6(9(12)13)8(11)7(5)10/h3-4H,2H2,1H3,(H2,12,13). The summed E-state index contributed by atoms with van der Waals surface area (Å²) in [5.74, 6) is -0.561. The molecule has 2 nitrogen and oxygen atoms in total. The maximum absolute atomic E-state index is 10.9. The smallest absolute Gasteiger partial charge is 0.250 e. The molecule has 0 aromatic heterocycles. The van der Waals surface area contributed by atoms with E-state index in [1.165, 1.54) is 0 Å². The summed E-state index contributed by atoms with van der Waals surface area (Å²) in [5.41, 5.74) is 6.27. The number of carbonyl (C=O) groups is 1. The van der Waals surface area contributed by atoms with Crippen LogP contribution in [0.5, 0.6) is 0 Å². The Hall–Kier alpha value is -0.730. The van der Waals surface area contributed by atoms with Crippen LogP contribution in [0.1, 0.15) is 22.8 Å². The van der Waals surface area contributed by atoms with Gasteiger partial charge in [0.15, 0.2) is 0 Å². The van der Waals surface area contributed by atoms with E-state index in [-0.39, 0.29) is 10.6 Å². The normalized spacial score (nSPS) is 10.1. The summed E-state index contributed by atoms with van der Waals surface area (Å²) in [6.07, 6.45) is 0.775. The van der Waals surface area contributed by atoms with Crippen molar-refractivity contribution in [1.29, 1.82) is 0 Å². The predicted octanol–water partition coefficient (Wildman–Crippen LogP) is 2.65. The molecule has 0 radical (unpaired) electrons. The van der Waals surface area contributed by atoms with Crippen LogP contribution in [0.25, 0.3) is 0 Å². The van der Waals surface area contributed by atoms with Gasteiger partial charge in [-0.25, -0.2) is 0 Å². The van der Waals surface area contributed by atoms with Crippen molar-refractivity contribution >= 4 is 29.1 Å². The van der Waals surface area contributed by atoms with Gasteiger partial charge in [-0.1, -0.05) is 36.2 Å². The molecule has 1 rings (SSSR count). The molecule has 0 aliphatic rings. The minimum absolute atomic E-state index is 0.244. The van der Waals surface area contributed by atoms with Crippen molar-refractivity contribution in [3.8, 4) is 0 Å². The topological polar surface area (TPSA) is 43.1 Å². The first kappa shape index (κ1) is 10.4. The van der Waals surface area contributed by atoms with E-state index >= 15 is 0 Å². The number of rotatable bonds is 2. The molecule has 0 saturated heterocycles. The largest absolute Gasteiger partial charge is 0.366 e. The van der Waals surface area contributed by atoms with E-state index in [9.17, 15) is 4.79 Å². The molecule has 70 valence electrons. The maximum atomic E-state index is 10.9. The van der Waals surface area contributed by atoms with E-state index in [2.05, 4.69) is 0 Å². The van der Waals surface area contributed by atoms with Crippen molar-refractivity contribution in [2.24, 2.45) is 5.73 Å². The first-order valence-electron chi connectivity index (χ1n) is 3.84. The molecule has 0 saturated carbocycles. The third-order valence-corrected chi connectivity index (χ3v) is 2.73. The van der Waals surface area contributed by atoms with Gasteiger partial charge >= 0.3 is 0 Å². The summed E-state index contributed by atoms with van der Waals surface area (Å²) >= 11 is 11.7. The van der Waals surface area contributed by atoms with Gasteiger partial charge in [0.2, 0.25) is 5.91 Å². The van der Waals surface area contributed by atoms with Crippen LogP contribution in [0.3, 0.4) is 0 Å². The molecule has 0 aliphatic heterocycles. The molecule has 0 fully saturated rings. The quantitative estimate of drug-likeness (QED) is 0.814. The van der Waals surface area contributed by atoms with Crippen molar-refractivity contribution in [3.63, 3.8) is 0 Å². The SMILES string of the molecule is CCc1ccc(C(N)=O)c(Cl)c1Cl. The lowest BCUT2D eigenvalue weighted by atomic mass is 10.1. The minimum atomic E-state index is -0.561. The Labute approximate surface area is 86.6 Å².